The van der Waals surface area contributed by atoms with Gasteiger partial charge in [0.2, 0.25) is 0 Å². The van der Waals surface area contributed by atoms with Crippen LogP contribution in [0.2, 0.25) is 0 Å². The van der Waals surface area contributed by atoms with Crippen molar-refractivity contribution in [3.05, 3.63) is 59.7 Å². The predicted octanol–water partition coefficient (Wildman–Crippen LogP) is 5.04. The average molecular weight is 232 g/mol. The second kappa shape index (κ2) is 3.58. The van der Waals surface area contributed by atoms with E-state index in [9.17, 15) is 0 Å². The molecule has 3 aromatic rings. The van der Waals surface area contributed by atoms with Crippen LogP contribution < -0.4 is 0 Å². The van der Waals surface area contributed by atoms with Crippen LogP contribution in [0.15, 0.2) is 48.5 Å². The van der Waals surface area contributed by atoms with E-state index in [2.05, 4.69) is 55.5 Å². The molecule has 0 saturated heterocycles. The number of fused-ring (bicyclic) bond motifs is 6. The van der Waals surface area contributed by atoms with Crippen molar-refractivity contribution < 1.29 is 0 Å². The van der Waals surface area contributed by atoms with E-state index < -0.39 is 0 Å². The summed E-state index contributed by atoms with van der Waals surface area (Å²) in [7, 11) is 0. The zero-order valence-electron chi connectivity index (χ0n) is 10.6. The SMILES string of the molecule is CCC1Cc2c1c1ccccc1c1ccccc21. The van der Waals surface area contributed by atoms with Crippen LogP contribution >= 0.6 is 0 Å². The number of rotatable bonds is 1. The lowest BCUT2D eigenvalue weighted by Crippen LogP contribution is -2.17. The lowest BCUT2D eigenvalue weighted by Gasteiger charge is -2.33. The Morgan fingerprint density at radius 3 is 2.06 bits per heavy atom. The molecule has 1 aliphatic rings. The van der Waals surface area contributed by atoms with E-state index >= 15 is 0 Å². The van der Waals surface area contributed by atoms with Crippen molar-refractivity contribution in [1.82, 2.24) is 0 Å². The molecule has 0 aromatic heterocycles. The Morgan fingerprint density at radius 1 is 0.833 bits per heavy atom. The highest BCUT2D eigenvalue weighted by Gasteiger charge is 2.29. The molecule has 0 aliphatic heterocycles. The van der Waals surface area contributed by atoms with Crippen LogP contribution in [-0.4, -0.2) is 0 Å². The number of hydrogen-bond donors (Lipinski definition) is 0. The maximum atomic E-state index is 2.30. The van der Waals surface area contributed by atoms with Gasteiger partial charge in [-0.3, -0.25) is 0 Å². The Balaban J connectivity index is 2.24. The molecule has 0 saturated carbocycles. The highest BCUT2D eigenvalue weighted by molar-refractivity contribution is 6.11. The van der Waals surface area contributed by atoms with Crippen LogP contribution in [0.4, 0.5) is 0 Å². The van der Waals surface area contributed by atoms with Crippen LogP contribution in [0.3, 0.4) is 0 Å². The molecule has 0 radical (unpaired) electrons. The van der Waals surface area contributed by atoms with Gasteiger partial charge in [0.15, 0.2) is 0 Å². The zero-order valence-corrected chi connectivity index (χ0v) is 10.6. The van der Waals surface area contributed by atoms with E-state index in [4.69, 9.17) is 0 Å². The van der Waals surface area contributed by atoms with Crippen molar-refractivity contribution in [3.63, 3.8) is 0 Å². The molecule has 0 bridgehead atoms. The highest BCUT2D eigenvalue weighted by Crippen LogP contribution is 2.46. The van der Waals surface area contributed by atoms with Crippen molar-refractivity contribution in [2.24, 2.45) is 0 Å². The second-order valence-electron chi connectivity index (χ2n) is 5.29. The quantitative estimate of drug-likeness (QED) is 0.515. The Bertz CT molecular complexity index is 752. The lowest BCUT2D eigenvalue weighted by molar-refractivity contribution is 0.600. The fourth-order valence-electron chi connectivity index (χ4n) is 3.49. The summed E-state index contributed by atoms with van der Waals surface area (Å²) in [5.41, 5.74) is 3.21. The molecule has 0 spiro atoms. The molecule has 0 heterocycles. The van der Waals surface area contributed by atoms with Crippen LogP contribution in [0.25, 0.3) is 21.5 Å². The summed E-state index contributed by atoms with van der Waals surface area (Å²) in [6.45, 7) is 2.30. The first-order chi connectivity index (χ1) is 8.90. The summed E-state index contributed by atoms with van der Waals surface area (Å²) < 4.78 is 0. The summed E-state index contributed by atoms with van der Waals surface area (Å²) in [5.74, 6) is 0.773. The van der Waals surface area contributed by atoms with Crippen molar-refractivity contribution >= 4 is 21.5 Å². The van der Waals surface area contributed by atoms with E-state index in [1.807, 2.05) is 0 Å². The van der Waals surface area contributed by atoms with Crippen molar-refractivity contribution in [2.75, 3.05) is 0 Å². The van der Waals surface area contributed by atoms with Gasteiger partial charge in [0.25, 0.3) is 0 Å². The van der Waals surface area contributed by atoms with Crippen LogP contribution in [-0.2, 0) is 6.42 Å². The van der Waals surface area contributed by atoms with Crippen LogP contribution in [0, 0.1) is 0 Å². The molecule has 1 aliphatic carbocycles. The van der Waals surface area contributed by atoms with Crippen molar-refractivity contribution in [1.29, 1.82) is 0 Å². The van der Waals surface area contributed by atoms with Gasteiger partial charge in [0.1, 0.15) is 0 Å². The van der Waals surface area contributed by atoms with E-state index in [0.29, 0.717) is 0 Å². The topological polar surface area (TPSA) is 0 Å². The maximum absolute atomic E-state index is 2.30. The molecule has 3 aromatic carbocycles. The predicted molar refractivity (Wildman–Crippen MR) is 78.2 cm³/mol. The van der Waals surface area contributed by atoms with E-state index in [0.717, 1.165) is 5.92 Å². The number of benzene rings is 3. The molecular weight excluding hydrogens is 216 g/mol. The van der Waals surface area contributed by atoms with Gasteiger partial charge in [0, 0.05) is 0 Å². The highest BCUT2D eigenvalue weighted by atomic mass is 14.3. The molecule has 0 fully saturated rings. The average Bonchev–Trinajstić information content (AvgIpc) is 2.39. The van der Waals surface area contributed by atoms with E-state index in [-0.39, 0.29) is 0 Å². The molecule has 1 unspecified atom stereocenters. The zero-order chi connectivity index (χ0) is 12.1. The minimum absolute atomic E-state index is 0.773. The first-order valence-electron chi connectivity index (χ1n) is 6.82. The van der Waals surface area contributed by atoms with Gasteiger partial charge in [-0.2, -0.15) is 0 Å². The Morgan fingerprint density at radius 2 is 1.39 bits per heavy atom. The van der Waals surface area contributed by atoms with E-state index in [1.54, 1.807) is 11.1 Å². The molecule has 18 heavy (non-hydrogen) atoms. The van der Waals surface area contributed by atoms with Crippen LogP contribution in [0.5, 0.6) is 0 Å². The molecule has 1 atom stereocenters. The Hall–Kier alpha value is -1.82. The standard InChI is InChI=1S/C18H16/c1-2-12-11-17-15-9-4-3-7-13(15)14-8-5-6-10-16(14)18(12)17/h3-10,12H,2,11H2,1H3. The normalized spacial score (nSPS) is 17.7. The summed E-state index contributed by atoms with van der Waals surface area (Å²) in [4.78, 5) is 0. The molecular formula is C18H16. The summed E-state index contributed by atoms with van der Waals surface area (Å²) in [6, 6.07) is 17.7. The maximum Gasteiger partial charge on any atom is -0.0102 e. The Labute approximate surface area is 107 Å². The van der Waals surface area contributed by atoms with Gasteiger partial charge in [-0.15, -0.1) is 0 Å². The minimum atomic E-state index is 0.773. The Kier molecular flexibility index (Phi) is 2.02. The fraction of sp³-hybridized carbons (Fsp3) is 0.222. The second-order valence-corrected chi connectivity index (χ2v) is 5.29. The van der Waals surface area contributed by atoms with E-state index in [1.165, 1.54) is 34.4 Å². The van der Waals surface area contributed by atoms with Gasteiger partial charge < -0.3 is 0 Å². The smallest absolute Gasteiger partial charge is 0.0102 e. The molecule has 0 heteroatoms. The third-order valence-corrected chi connectivity index (χ3v) is 4.44. The molecule has 0 nitrogen and oxygen atoms in total. The van der Waals surface area contributed by atoms with Gasteiger partial charge in [-0.1, -0.05) is 55.5 Å². The van der Waals surface area contributed by atoms with Crippen molar-refractivity contribution in [2.45, 2.75) is 25.7 Å². The minimum Gasteiger partial charge on any atom is -0.0648 e. The third-order valence-electron chi connectivity index (χ3n) is 4.44. The molecule has 4 rings (SSSR count). The molecule has 0 N–H and O–H groups in total. The van der Waals surface area contributed by atoms with Crippen molar-refractivity contribution in [3.8, 4) is 0 Å². The van der Waals surface area contributed by atoms with Gasteiger partial charge in [-0.05, 0) is 51.4 Å². The third kappa shape index (κ3) is 1.16. The van der Waals surface area contributed by atoms with Gasteiger partial charge in [0.05, 0.1) is 0 Å². The summed E-state index contributed by atoms with van der Waals surface area (Å²) >= 11 is 0. The first-order valence-corrected chi connectivity index (χ1v) is 6.82. The van der Waals surface area contributed by atoms with Crippen LogP contribution in [0.1, 0.15) is 30.4 Å². The first kappa shape index (κ1) is 10.1. The van der Waals surface area contributed by atoms with Gasteiger partial charge >= 0.3 is 0 Å². The number of hydrogen-bond acceptors (Lipinski definition) is 0. The molecule has 88 valence electrons. The fourth-order valence-corrected chi connectivity index (χ4v) is 3.49. The monoisotopic (exact) mass is 232 g/mol. The summed E-state index contributed by atoms with van der Waals surface area (Å²) in [6.07, 6.45) is 2.52. The largest absolute Gasteiger partial charge is 0.0648 e. The summed E-state index contributed by atoms with van der Waals surface area (Å²) in [5, 5.41) is 5.78. The lowest BCUT2D eigenvalue weighted by atomic mass is 9.71. The van der Waals surface area contributed by atoms with Gasteiger partial charge in [-0.25, -0.2) is 0 Å². The molecule has 0 amide bonds.